The fourth-order valence-corrected chi connectivity index (χ4v) is 3.16. The number of benzene rings is 1. The third-order valence-corrected chi connectivity index (χ3v) is 4.65. The standard InChI is InChI=1S/C16H19N5O.C2HF3O2/c1-20(2)10-7-8-21(9-10)15-14-13(18-16(17)19-15)11-5-3-4-6-12(11)22-14;3-2(4,5)1(6)7/h3-6,10H,7-9H2,1-2H3,(H2,17,18,19);(H,6,7)/t10-;/m1./s1. The lowest BCUT2D eigenvalue weighted by Crippen LogP contribution is -2.31. The van der Waals surface area contributed by atoms with Crippen LogP contribution in [0.15, 0.2) is 28.7 Å². The van der Waals surface area contributed by atoms with Gasteiger partial charge in [-0.25, -0.2) is 9.78 Å². The van der Waals surface area contributed by atoms with Gasteiger partial charge in [0.2, 0.25) is 5.95 Å². The van der Waals surface area contributed by atoms with Crippen molar-refractivity contribution < 1.29 is 27.5 Å². The number of aromatic nitrogens is 2. The minimum absolute atomic E-state index is 0.294. The Hall–Kier alpha value is -3.08. The van der Waals surface area contributed by atoms with E-state index in [1.807, 2.05) is 24.3 Å². The van der Waals surface area contributed by atoms with Crippen LogP contribution in [0.5, 0.6) is 0 Å². The fourth-order valence-electron chi connectivity index (χ4n) is 3.16. The van der Waals surface area contributed by atoms with Crippen molar-refractivity contribution in [3.63, 3.8) is 0 Å². The van der Waals surface area contributed by atoms with Gasteiger partial charge in [0.05, 0.1) is 0 Å². The van der Waals surface area contributed by atoms with Crippen molar-refractivity contribution in [1.82, 2.24) is 14.9 Å². The van der Waals surface area contributed by atoms with Gasteiger partial charge in [-0.1, -0.05) is 12.1 Å². The van der Waals surface area contributed by atoms with Gasteiger partial charge in [0.15, 0.2) is 11.4 Å². The summed E-state index contributed by atoms with van der Waals surface area (Å²) in [4.78, 5) is 22.2. The summed E-state index contributed by atoms with van der Waals surface area (Å²) in [7, 11) is 4.22. The quantitative estimate of drug-likeness (QED) is 0.663. The van der Waals surface area contributed by atoms with E-state index in [9.17, 15) is 13.2 Å². The smallest absolute Gasteiger partial charge is 0.475 e. The summed E-state index contributed by atoms with van der Waals surface area (Å²) in [5.41, 5.74) is 8.29. The zero-order valence-corrected chi connectivity index (χ0v) is 15.8. The van der Waals surface area contributed by atoms with Gasteiger partial charge in [-0.3, -0.25) is 0 Å². The number of carboxylic acid groups (broad SMARTS) is 1. The average Bonchev–Trinajstić information content (AvgIpc) is 3.26. The molecule has 0 saturated carbocycles. The predicted octanol–water partition coefficient (Wildman–Crippen LogP) is 2.73. The highest BCUT2D eigenvalue weighted by molar-refractivity contribution is 6.06. The molecule has 11 heteroatoms. The molecule has 8 nitrogen and oxygen atoms in total. The molecule has 4 rings (SSSR count). The van der Waals surface area contributed by atoms with Gasteiger partial charge < -0.3 is 25.1 Å². The van der Waals surface area contributed by atoms with E-state index in [1.54, 1.807) is 0 Å². The summed E-state index contributed by atoms with van der Waals surface area (Å²) in [6, 6.07) is 8.41. The number of fused-ring (bicyclic) bond motifs is 3. The second-order valence-corrected chi connectivity index (χ2v) is 6.84. The Labute approximate surface area is 163 Å². The molecule has 156 valence electrons. The third kappa shape index (κ3) is 4.34. The lowest BCUT2D eigenvalue weighted by atomic mass is 10.2. The number of furan rings is 1. The number of hydrogen-bond acceptors (Lipinski definition) is 7. The second-order valence-electron chi connectivity index (χ2n) is 6.84. The Balaban J connectivity index is 0.000000298. The summed E-state index contributed by atoms with van der Waals surface area (Å²) in [6.45, 7) is 1.88. The molecule has 0 aliphatic carbocycles. The van der Waals surface area contributed by atoms with Crippen LogP contribution in [0.3, 0.4) is 0 Å². The van der Waals surface area contributed by atoms with E-state index in [-0.39, 0.29) is 0 Å². The van der Waals surface area contributed by atoms with Crippen LogP contribution < -0.4 is 10.6 Å². The molecule has 0 amide bonds. The first-order valence-corrected chi connectivity index (χ1v) is 8.74. The highest BCUT2D eigenvalue weighted by Crippen LogP contribution is 2.34. The topological polar surface area (TPSA) is 109 Å². The number of hydrogen-bond donors (Lipinski definition) is 2. The maximum Gasteiger partial charge on any atom is 0.490 e. The van der Waals surface area contributed by atoms with Crippen molar-refractivity contribution in [3.8, 4) is 0 Å². The number of para-hydroxylation sites is 1. The Bertz CT molecular complexity index is 1030. The number of aliphatic carboxylic acids is 1. The molecule has 0 spiro atoms. The average molecular weight is 411 g/mol. The third-order valence-electron chi connectivity index (χ3n) is 4.65. The molecular formula is C18H20F3N5O3. The molecule has 1 fully saturated rings. The summed E-state index contributed by atoms with van der Waals surface area (Å²) in [6.07, 6.45) is -3.97. The molecule has 1 aliphatic rings. The Kier molecular flexibility index (Phi) is 5.51. The number of alkyl halides is 3. The molecule has 3 heterocycles. The number of nitrogens with zero attached hydrogens (tertiary/aromatic N) is 4. The van der Waals surface area contributed by atoms with E-state index < -0.39 is 12.1 Å². The normalized spacial score (nSPS) is 17.0. The maximum atomic E-state index is 10.6. The maximum absolute atomic E-state index is 10.6. The number of carbonyl (C=O) groups is 1. The Morgan fingerprint density at radius 2 is 1.97 bits per heavy atom. The number of carboxylic acids is 1. The number of nitrogen functional groups attached to an aromatic ring is 1. The van der Waals surface area contributed by atoms with E-state index in [2.05, 4.69) is 33.9 Å². The van der Waals surface area contributed by atoms with Crippen LogP contribution in [0.1, 0.15) is 6.42 Å². The molecule has 1 aromatic carbocycles. The molecule has 2 aromatic heterocycles. The van der Waals surface area contributed by atoms with E-state index in [1.165, 1.54) is 0 Å². The van der Waals surface area contributed by atoms with Crippen LogP contribution in [0.25, 0.3) is 22.1 Å². The van der Waals surface area contributed by atoms with Gasteiger partial charge in [0.1, 0.15) is 11.1 Å². The van der Waals surface area contributed by atoms with E-state index >= 15 is 0 Å². The molecule has 1 aliphatic heterocycles. The zero-order chi connectivity index (χ0) is 21.3. The Morgan fingerprint density at radius 3 is 2.55 bits per heavy atom. The first-order chi connectivity index (χ1) is 13.6. The van der Waals surface area contributed by atoms with Gasteiger partial charge in [-0.2, -0.15) is 18.2 Å². The summed E-state index contributed by atoms with van der Waals surface area (Å²) in [5.74, 6) is -1.65. The van der Waals surface area contributed by atoms with Crippen molar-refractivity contribution >= 4 is 39.8 Å². The lowest BCUT2D eigenvalue weighted by molar-refractivity contribution is -0.192. The number of halogens is 3. The Morgan fingerprint density at radius 1 is 1.31 bits per heavy atom. The van der Waals surface area contributed by atoms with Crippen LogP contribution >= 0.6 is 0 Å². The number of likely N-dealkylation sites (N-methyl/N-ethyl adjacent to an activating group) is 1. The molecule has 3 N–H and O–H groups in total. The van der Waals surface area contributed by atoms with Crippen LogP contribution in [0.4, 0.5) is 24.9 Å². The summed E-state index contributed by atoms with van der Waals surface area (Å²) < 4.78 is 37.7. The lowest BCUT2D eigenvalue weighted by Gasteiger charge is -2.21. The molecule has 0 bridgehead atoms. The van der Waals surface area contributed by atoms with Crippen LogP contribution in [0, 0.1) is 0 Å². The van der Waals surface area contributed by atoms with Gasteiger partial charge >= 0.3 is 12.1 Å². The molecule has 29 heavy (non-hydrogen) atoms. The predicted molar refractivity (Wildman–Crippen MR) is 102 cm³/mol. The van der Waals surface area contributed by atoms with E-state index in [0.29, 0.717) is 12.0 Å². The first kappa shape index (κ1) is 20.6. The van der Waals surface area contributed by atoms with E-state index in [4.69, 9.17) is 20.1 Å². The SMILES string of the molecule is CN(C)[C@@H]1CCN(c2nc(N)nc3c2oc2ccccc23)C1.O=C(O)C(F)(F)F. The number of nitrogens with two attached hydrogens (primary N) is 1. The first-order valence-electron chi connectivity index (χ1n) is 8.74. The minimum atomic E-state index is -5.08. The highest BCUT2D eigenvalue weighted by Gasteiger charge is 2.38. The molecular weight excluding hydrogens is 391 g/mol. The van der Waals surface area contributed by atoms with Gasteiger partial charge in [0.25, 0.3) is 0 Å². The number of rotatable bonds is 2. The van der Waals surface area contributed by atoms with Crippen molar-refractivity contribution in [3.05, 3.63) is 24.3 Å². The fraction of sp³-hybridized carbons (Fsp3) is 0.389. The van der Waals surface area contributed by atoms with Crippen LogP contribution in [-0.4, -0.2) is 65.3 Å². The van der Waals surface area contributed by atoms with Crippen LogP contribution in [-0.2, 0) is 4.79 Å². The summed E-state index contributed by atoms with van der Waals surface area (Å²) >= 11 is 0. The highest BCUT2D eigenvalue weighted by atomic mass is 19.4. The van der Waals surface area contributed by atoms with E-state index in [0.717, 1.165) is 47.4 Å². The summed E-state index contributed by atoms with van der Waals surface area (Å²) in [5, 5.41) is 8.11. The molecule has 1 saturated heterocycles. The van der Waals surface area contributed by atoms with Crippen LogP contribution in [0.2, 0.25) is 0 Å². The van der Waals surface area contributed by atoms with Gasteiger partial charge in [0, 0.05) is 24.5 Å². The molecule has 0 unspecified atom stereocenters. The number of anilines is 2. The molecule has 0 radical (unpaired) electrons. The molecule has 3 aromatic rings. The second kappa shape index (κ2) is 7.74. The van der Waals surface area contributed by atoms with Crippen molar-refractivity contribution in [1.29, 1.82) is 0 Å². The van der Waals surface area contributed by atoms with Crippen molar-refractivity contribution in [2.24, 2.45) is 0 Å². The zero-order valence-electron chi connectivity index (χ0n) is 15.8. The van der Waals surface area contributed by atoms with Crippen molar-refractivity contribution in [2.45, 2.75) is 18.6 Å². The largest absolute Gasteiger partial charge is 0.490 e. The monoisotopic (exact) mass is 411 g/mol. The van der Waals surface area contributed by atoms with Crippen molar-refractivity contribution in [2.75, 3.05) is 37.8 Å². The minimum Gasteiger partial charge on any atom is -0.475 e. The van der Waals surface area contributed by atoms with Gasteiger partial charge in [-0.05, 0) is 32.6 Å². The van der Waals surface area contributed by atoms with Gasteiger partial charge in [-0.15, -0.1) is 0 Å². The molecule has 1 atom stereocenters.